The van der Waals surface area contributed by atoms with E-state index in [1.807, 2.05) is 29.2 Å². The first-order valence-electron chi connectivity index (χ1n) is 22.1. The number of carbonyl (C=O) groups is 5. The molecule has 5 heterocycles. The van der Waals surface area contributed by atoms with Gasteiger partial charge in [-0.15, -0.1) is 10.2 Å². The highest BCUT2D eigenvalue weighted by atomic mass is 16.5. The summed E-state index contributed by atoms with van der Waals surface area (Å²) < 4.78 is 6.33. The molecule has 63 heavy (non-hydrogen) atoms. The van der Waals surface area contributed by atoms with Gasteiger partial charge in [0.2, 0.25) is 17.7 Å². The number of hydrogen-bond acceptors (Lipinski definition) is 13. The summed E-state index contributed by atoms with van der Waals surface area (Å²) in [5.41, 5.74) is 10.4. The number of ether oxygens (including phenoxy) is 1. The number of carbonyl (C=O) groups excluding carboxylic acids is 5. The normalized spacial score (nSPS) is 18.0. The zero-order chi connectivity index (χ0) is 43.9. The highest BCUT2D eigenvalue weighted by Crippen LogP contribution is 2.35. The van der Waals surface area contributed by atoms with E-state index in [1.54, 1.807) is 36.4 Å². The number of rotatable bonds is 18. The van der Waals surface area contributed by atoms with E-state index < -0.39 is 29.7 Å². The van der Waals surface area contributed by atoms with Gasteiger partial charge >= 0.3 is 0 Å². The molecule has 1 aromatic heterocycles. The van der Waals surface area contributed by atoms with Crippen molar-refractivity contribution < 1.29 is 33.8 Å². The molecule has 5 N–H and O–H groups in total. The van der Waals surface area contributed by atoms with Crippen LogP contribution in [0, 0.1) is 0 Å². The number of imide groups is 2. The first kappa shape index (κ1) is 43.1. The van der Waals surface area contributed by atoms with Crippen molar-refractivity contribution in [3.8, 4) is 22.8 Å². The van der Waals surface area contributed by atoms with Crippen molar-refractivity contribution in [3.05, 3.63) is 89.5 Å². The topological polar surface area (TPSA) is 204 Å². The van der Waals surface area contributed by atoms with Crippen LogP contribution in [0.1, 0.15) is 90.5 Å². The lowest BCUT2D eigenvalue weighted by Gasteiger charge is -2.41. The molecule has 3 saturated heterocycles. The molecule has 5 amide bonds. The molecule has 16 nitrogen and oxygen atoms in total. The number of piperazine rings is 1. The van der Waals surface area contributed by atoms with Crippen molar-refractivity contribution in [2.45, 2.75) is 82.9 Å². The number of nitrogen functional groups attached to an aromatic ring is 1. The average Bonchev–Trinajstić information content (AvgIpc) is 3.52. The van der Waals surface area contributed by atoms with E-state index in [0.717, 1.165) is 94.0 Å². The van der Waals surface area contributed by atoms with E-state index in [-0.39, 0.29) is 41.7 Å². The number of hydrogen-bond donors (Lipinski definition) is 4. The largest absolute Gasteiger partial charge is 0.507 e. The predicted molar refractivity (Wildman–Crippen MR) is 237 cm³/mol. The number of para-hydroxylation sites is 1. The number of phenols is 1. The fourth-order valence-electron chi connectivity index (χ4n) is 8.83. The number of phenolic OH excluding ortho intramolecular Hbond substituents is 1. The Balaban J connectivity index is 0.675. The van der Waals surface area contributed by atoms with Crippen LogP contribution in [-0.2, 0) is 20.9 Å². The van der Waals surface area contributed by atoms with Gasteiger partial charge in [0.05, 0.1) is 35.6 Å². The number of amides is 5. The first-order chi connectivity index (χ1) is 30.6. The maximum absolute atomic E-state index is 13.3. The van der Waals surface area contributed by atoms with E-state index >= 15 is 0 Å². The van der Waals surface area contributed by atoms with E-state index in [0.29, 0.717) is 48.8 Å². The van der Waals surface area contributed by atoms with Crippen molar-refractivity contribution >= 4 is 46.7 Å². The molecule has 1 atom stereocenters. The molecule has 1 unspecified atom stereocenters. The second kappa shape index (κ2) is 19.7. The van der Waals surface area contributed by atoms with Gasteiger partial charge in [0.15, 0.2) is 5.82 Å². The average molecular weight is 858 g/mol. The number of nitrogens with two attached hydrogens (primary N) is 1. The van der Waals surface area contributed by atoms with E-state index in [1.165, 1.54) is 5.56 Å². The van der Waals surface area contributed by atoms with Crippen LogP contribution in [0.5, 0.6) is 11.5 Å². The second-order valence-corrected chi connectivity index (χ2v) is 16.8. The molecule has 0 saturated carbocycles. The van der Waals surface area contributed by atoms with Crippen molar-refractivity contribution in [3.63, 3.8) is 0 Å². The molecule has 3 aromatic carbocycles. The van der Waals surface area contributed by atoms with Crippen molar-refractivity contribution in [1.82, 2.24) is 30.2 Å². The first-order valence-corrected chi connectivity index (χ1v) is 22.1. The number of anilines is 3. The van der Waals surface area contributed by atoms with Crippen LogP contribution in [0.15, 0.2) is 72.8 Å². The number of unbranched alkanes of at least 4 members (excludes halogenated alkanes) is 6. The molecule has 16 heteroatoms. The van der Waals surface area contributed by atoms with Gasteiger partial charge < -0.3 is 30.7 Å². The summed E-state index contributed by atoms with van der Waals surface area (Å²) in [4.78, 5) is 70.9. The molecule has 4 aromatic rings. The fourth-order valence-corrected chi connectivity index (χ4v) is 8.83. The van der Waals surface area contributed by atoms with E-state index in [9.17, 15) is 29.1 Å². The molecular weight excluding hydrogens is 803 g/mol. The zero-order valence-electron chi connectivity index (χ0n) is 35.5. The second-order valence-electron chi connectivity index (χ2n) is 16.8. The maximum atomic E-state index is 13.3. The summed E-state index contributed by atoms with van der Waals surface area (Å²) in [7, 11) is 0. The molecule has 8 rings (SSSR count). The Kier molecular flexibility index (Phi) is 13.5. The summed E-state index contributed by atoms with van der Waals surface area (Å²) in [6, 6.07) is 21.2. The molecule has 0 spiro atoms. The Bertz CT molecular complexity index is 2340. The van der Waals surface area contributed by atoms with Gasteiger partial charge in [-0.1, -0.05) is 62.4 Å². The van der Waals surface area contributed by atoms with Gasteiger partial charge in [-0.2, -0.15) is 0 Å². The van der Waals surface area contributed by atoms with Crippen molar-refractivity contribution in [1.29, 1.82) is 0 Å². The summed E-state index contributed by atoms with van der Waals surface area (Å²) in [5.74, 6) is -0.499. The Morgan fingerprint density at radius 3 is 2.33 bits per heavy atom. The van der Waals surface area contributed by atoms with Gasteiger partial charge in [-0.05, 0) is 67.3 Å². The SMILES string of the molecule is Nc1nnc(-c2ccccc2O)cc1N1CC(Oc2cccc(CN3CCN(C(=O)CCCCCCCCCNc4cccc5c4C(=O)N(C4CCC(=O)NC4=O)C5=O)CC3)c2)C1. The highest BCUT2D eigenvalue weighted by Gasteiger charge is 2.45. The van der Waals surface area contributed by atoms with Crippen molar-refractivity contribution in [2.24, 2.45) is 0 Å². The van der Waals surface area contributed by atoms with E-state index in [4.69, 9.17) is 10.5 Å². The number of aromatic hydroxyl groups is 1. The summed E-state index contributed by atoms with van der Waals surface area (Å²) in [6.45, 7) is 5.87. The number of benzene rings is 3. The molecule has 0 bridgehead atoms. The molecular formula is C47H55N9O7. The van der Waals surface area contributed by atoms with Crippen LogP contribution < -0.4 is 26.0 Å². The molecule has 330 valence electrons. The highest BCUT2D eigenvalue weighted by molar-refractivity contribution is 6.25. The third-order valence-corrected chi connectivity index (χ3v) is 12.4. The quantitative estimate of drug-likeness (QED) is 0.0772. The summed E-state index contributed by atoms with van der Waals surface area (Å²) in [6.07, 6.45) is 7.86. The van der Waals surface area contributed by atoms with Crippen LogP contribution in [0.4, 0.5) is 17.2 Å². The lowest BCUT2D eigenvalue weighted by molar-refractivity contribution is -0.136. The fraction of sp³-hybridized carbons (Fsp3) is 0.426. The Morgan fingerprint density at radius 2 is 1.56 bits per heavy atom. The Hall–Kier alpha value is -6.55. The number of piperidine rings is 1. The number of aromatic nitrogens is 2. The molecule has 4 aliphatic heterocycles. The van der Waals surface area contributed by atoms with Crippen molar-refractivity contribution in [2.75, 3.05) is 61.8 Å². The smallest absolute Gasteiger partial charge is 0.264 e. The minimum atomic E-state index is -0.985. The molecule has 0 radical (unpaired) electrons. The maximum Gasteiger partial charge on any atom is 0.264 e. The number of fused-ring (bicyclic) bond motifs is 1. The summed E-state index contributed by atoms with van der Waals surface area (Å²) in [5, 5.41) is 24.1. The lowest BCUT2D eigenvalue weighted by Crippen LogP contribution is -2.54. The third-order valence-electron chi connectivity index (χ3n) is 12.4. The van der Waals surface area contributed by atoms with Gasteiger partial charge in [0.25, 0.3) is 11.8 Å². The van der Waals surface area contributed by atoms with Gasteiger partial charge in [0.1, 0.15) is 23.6 Å². The Labute approximate surface area is 366 Å². The monoisotopic (exact) mass is 857 g/mol. The van der Waals surface area contributed by atoms with E-state index in [2.05, 4.69) is 42.8 Å². The van der Waals surface area contributed by atoms with Crippen LogP contribution in [0.2, 0.25) is 0 Å². The van der Waals surface area contributed by atoms with Gasteiger partial charge in [0, 0.05) is 63.4 Å². The van der Waals surface area contributed by atoms with Crippen LogP contribution >= 0.6 is 0 Å². The zero-order valence-corrected chi connectivity index (χ0v) is 35.5. The van der Waals surface area contributed by atoms with Gasteiger partial charge in [-0.3, -0.25) is 39.1 Å². The van der Waals surface area contributed by atoms with Crippen LogP contribution in [0.3, 0.4) is 0 Å². The standard InChI is InChI=1S/C47H55N9O7/c48-44-39(27-37(51-52-44)34-14-7-8-17-40(34)57)55-29-33(30-55)63-32-13-10-12-31(26-32)28-53-22-24-54(25-23-53)42(59)18-6-4-2-1-3-5-9-21-49-36-16-11-15-35-43(36)47(62)56(46(35)61)38-19-20-41(58)50-45(38)60/h7-8,10-17,26-27,33,38,49,57H,1-6,9,18-25,28-30H2,(H2,48,52)(H,50,58,60). The molecule has 3 fully saturated rings. The molecule has 0 aliphatic carbocycles. The minimum absolute atomic E-state index is 0.00108. The minimum Gasteiger partial charge on any atom is -0.507 e. The lowest BCUT2D eigenvalue weighted by atomic mass is 10.0. The van der Waals surface area contributed by atoms with Crippen LogP contribution in [-0.4, -0.2) is 117 Å². The van der Waals surface area contributed by atoms with Gasteiger partial charge in [-0.25, -0.2) is 0 Å². The predicted octanol–water partition coefficient (Wildman–Crippen LogP) is 4.98. The Morgan fingerprint density at radius 1 is 0.825 bits per heavy atom. The number of nitrogens with zero attached hydrogens (tertiary/aromatic N) is 6. The van der Waals surface area contributed by atoms with Crippen LogP contribution in [0.25, 0.3) is 11.3 Å². The summed E-state index contributed by atoms with van der Waals surface area (Å²) >= 11 is 0. The third kappa shape index (κ3) is 10.1. The molecule has 4 aliphatic rings. The number of nitrogens with one attached hydrogen (secondary N) is 2.